The van der Waals surface area contributed by atoms with Crippen molar-refractivity contribution in [3.63, 3.8) is 0 Å². The summed E-state index contributed by atoms with van der Waals surface area (Å²) in [6, 6.07) is 1.58. The molecule has 0 amide bonds. The number of carboxylic acids is 1. The standard InChI is InChI=1S/C5H3BrO2S.C2H6/c6-3-1-4(5(7)8)9-2-3;1-2/h1-2H,(H,7,8);1-2H3. The smallest absolute Gasteiger partial charge is 0.345 e. The van der Waals surface area contributed by atoms with Gasteiger partial charge < -0.3 is 5.11 Å². The number of halogens is 1. The van der Waals surface area contributed by atoms with E-state index >= 15 is 0 Å². The maximum atomic E-state index is 10.2. The van der Waals surface area contributed by atoms with Gasteiger partial charge in [-0.2, -0.15) is 0 Å². The highest BCUT2D eigenvalue weighted by molar-refractivity contribution is 9.10. The molecule has 62 valence electrons. The monoisotopic (exact) mass is 236 g/mol. The minimum absolute atomic E-state index is 0.363. The molecule has 0 bridgehead atoms. The third kappa shape index (κ3) is 3.53. The second-order valence-electron chi connectivity index (χ2n) is 1.43. The average Bonchev–Trinajstić information content (AvgIpc) is 2.40. The van der Waals surface area contributed by atoms with Crippen LogP contribution in [-0.4, -0.2) is 11.1 Å². The summed E-state index contributed by atoms with van der Waals surface area (Å²) in [5.74, 6) is -0.870. The van der Waals surface area contributed by atoms with Crippen LogP contribution in [0.3, 0.4) is 0 Å². The molecule has 2 nitrogen and oxygen atoms in total. The van der Waals surface area contributed by atoms with E-state index in [2.05, 4.69) is 15.9 Å². The van der Waals surface area contributed by atoms with Crippen molar-refractivity contribution in [2.45, 2.75) is 13.8 Å². The van der Waals surface area contributed by atoms with Crippen molar-refractivity contribution < 1.29 is 9.90 Å². The van der Waals surface area contributed by atoms with Gasteiger partial charge in [0.1, 0.15) is 4.88 Å². The second kappa shape index (κ2) is 5.32. The normalized spacial score (nSPS) is 8.27. The van der Waals surface area contributed by atoms with Crippen molar-refractivity contribution in [1.82, 2.24) is 0 Å². The number of carbonyl (C=O) groups is 1. The van der Waals surface area contributed by atoms with Gasteiger partial charge in [0.25, 0.3) is 0 Å². The second-order valence-corrected chi connectivity index (χ2v) is 3.26. The van der Waals surface area contributed by atoms with Crippen LogP contribution in [0.15, 0.2) is 15.9 Å². The van der Waals surface area contributed by atoms with E-state index in [1.54, 1.807) is 11.4 Å². The van der Waals surface area contributed by atoms with E-state index in [1.807, 2.05) is 13.8 Å². The molecule has 0 unspecified atom stereocenters. The average molecular weight is 237 g/mol. The highest BCUT2D eigenvalue weighted by atomic mass is 79.9. The highest BCUT2D eigenvalue weighted by Crippen LogP contribution is 2.19. The maximum absolute atomic E-state index is 10.2. The summed E-state index contributed by atoms with van der Waals surface area (Å²) in [5, 5.41) is 10.1. The van der Waals surface area contributed by atoms with E-state index < -0.39 is 5.97 Å². The molecule has 1 N–H and O–H groups in total. The minimum atomic E-state index is -0.870. The fraction of sp³-hybridized carbons (Fsp3) is 0.286. The number of aromatic carboxylic acids is 1. The summed E-state index contributed by atoms with van der Waals surface area (Å²) in [7, 11) is 0. The lowest BCUT2D eigenvalue weighted by molar-refractivity contribution is 0.0702. The van der Waals surface area contributed by atoms with Gasteiger partial charge in [0.05, 0.1) is 0 Å². The molecule has 4 heteroatoms. The number of thiophene rings is 1. The Labute approximate surface area is 78.0 Å². The molecular formula is C7H9BrO2S. The van der Waals surface area contributed by atoms with Gasteiger partial charge in [0.15, 0.2) is 0 Å². The Morgan fingerprint density at radius 1 is 1.64 bits per heavy atom. The van der Waals surface area contributed by atoms with Crippen molar-refractivity contribution in [2.75, 3.05) is 0 Å². The van der Waals surface area contributed by atoms with Crippen molar-refractivity contribution in [2.24, 2.45) is 0 Å². The van der Waals surface area contributed by atoms with Crippen molar-refractivity contribution >= 4 is 33.2 Å². The minimum Gasteiger partial charge on any atom is -0.477 e. The largest absolute Gasteiger partial charge is 0.477 e. The van der Waals surface area contributed by atoms with Gasteiger partial charge in [-0.25, -0.2) is 4.79 Å². The summed E-state index contributed by atoms with van der Waals surface area (Å²) >= 11 is 4.36. The molecule has 0 fully saturated rings. The van der Waals surface area contributed by atoms with Gasteiger partial charge in [-0.15, -0.1) is 11.3 Å². The molecule has 0 atom stereocenters. The predicted octanol–water partition coefficient (Wildman–Crippen LogP) is 3.24. The summed E-state index contributed by atoms with van der Waals surface area (Å²) in [5.41, 5.74) is 0. The van der Waals surface area contributed by atoms with E-state index in [0.29, 0.717) is 4.88 Å². The van der Waals surface area contributed by atoms with Crippen molar-refractivity contribution in [3.8, 4) is 0 Å². The molecule has 11 heavy (non-hydrogen) atoms. The molecule has 0 saturated carbocycles. The third-order valence-corrected chi connectivity index (χ3v) is 2.46. The van der Waals surface area contributed by atoms with Gasteiger partial charge in [-0.05, 0) is 22.0 Å². The first-order valence-corrected chi connectivity index (χ1v) is 4.85. The lowest BCUT2D eigenvalue weighted by Gasteiger charge is -1.79. The van der Waals surface area contributed by atoms with Crippen LogP contribution in [0.1, 0.15) is 23.5 Å². The van der Waals surface area contributed by atoms with E-state index in [0.717, 1.165) is 4.47 Å². The summed E-state index contributed by atoms with van der Waals surface area (Å²) in [6.45, 7) is 4.00. The molecule has 1 aromatic heterocycles. The first kappa shape index (κ1) is 10.7. The molecule has 1 heterocycles. The number of carboxylic acid groups (broad SMARTS) is 1. The van der Waals surface area contributed by atoms with Crippen LogP contribution in [-0.2, 0) is 0 Å². The lowest BCUT2D eigenvalue weighted by atomic mass is 10.5. The summed E-state index contributed by atoms with van der Waals surface area (Å²) in [4.78, 5) is 10.6. The number of rotatable bonds is 1. The fourth-order valence-corrected chi connectivity index (χ4v) is 1.69. The molecule has 0 aliphatic carbocycles. The molecule has 1 aromatic rings. The van der Waals surface area contributed by atoms with E-state index in [4.69, 9.17) is 5.11 Å². The van der Waals surface area contributed by atoms with Crippen LogP contribution in [0, 0.1) is 0 Å². The predicted molar refractivity (Wildman–Crippen MR) is 50.3 cm³/mol. The van der Waals surface area contributed by atoms with E-state index in [9.17, 15) is 4.79 Å². The zero-order chi connectivity index (χ0) is 8.85. The van der Waals surface area contributed by atoms with Gasteiger partial charge in [0.2, 0.25) is 0 Å². The molecule has 0 radical (unpaired) electrons. The van der Waals surface area contributed by atoms with Gasteiger partial charge in [-0.1, -0.05) is 13.8 Å². The zero-order valence-electron chi connectivity index (χ0n) is 6.30. The maximum Gasteiger partial charge on any atom is 0.345 e. The third-order valence-electron chi connectivity index (χ3n) is 0.778. The van der Waals surface area contributed by atoms with Crippen LogP contribution >= 0.6 is 27.3 Å². The summed E-state index contributed by atoms with van der Waals surface area (Å²) < 4.78 is 0.824. The Hall–Kier alpha value is -0.350. The van der Waals surface area contributed by atoms with Crippen LogP contribution in [0.2, 0.25) is 0 Å². The number of hydrogen-bond donors (Lipinski definition) is 1. The van der Waals surface area contributed by atoms with Crippen molar-refractivity contribution in [1.29, 1.82) is 0 Å². The Morgan fingerprint density at radius 3 is 2.36 bits per heavy atom. The van der Waals surface area contributed by atoms with Crippen LogP contribution in [0.4, 0.5) is 0 Å². The van der Waals surface area contributed by atoms with Gasteiger partial charge in [0, 0.05) is 9.85 Å². The Bertz CT molecular complexity index is 232. The molecular weight excluding hydrogens is 228 g/mol. The highest BCUT2D eigenvalue weighted by Gasteiger charge is 2.03. The van der Waals surface area contributed by atoms with E-state index in [-0.39, 0.29) is 0 Å². The fourth-order valence-electron chi connectivity index (χ4n) is 0.425. The van der Waals surface area contributed by atoms with Crippen LogP contribution in [0.5, 0.6) is 0 Å². The first-order valence-electron chi connectivity index (χ1n) is 3.17. The Morgan fingerprint density at radius 2 is 2.18 bits per heavy atom. The molecule has 0 aromatic carbocycles. The first-order chi connectivity index (χ1) is 5.20. The summed E-state index contributed by atoms with van der Waals surface area (Å²) in [6.07, 6.45) is 0. The molecule has 0 spiro atoms. The lowest BCUT2D eigenvalue weighted by Crippen LogP contribution is -1.89. The quantitative estimate of drug-likeness (QED) is 0.814. The Kier molecular flexibility index (Phi) is 5.15. The zero-order valence-corrected chi connectivity index (χ0v) is 8.70. The van der Waals surface area contributed by atoms with E-state index in [1.165, 1.54) is 11.3 Å². The van der Waals surface area contributed by atoms with Crippen LogP contribution in [0.25, 0.3) is 0 Å². The SMILES string of the molecule is CC.O=C(O)c1cc(Br)cs1. The van der Waals surface area contributed by atoms with Gasteiger partial charge in [-0.3, -0.25) is 0 Å². The molecule has 1 rings (SSSR count). The Balaban J connectivity index is 0.000000461. The molecule has 0 aliphatic rings. The van der Waals surface area contributed by atoms with Gasteiger partial charge >= 0.3 is 5.97 Å². The topological polar surface area (TPSA) is 37.3 Å². The van der Waals surface area contributed by atoms with Crippen molar-refractivity contribution in [3.05, 3.63) is 20.8 Å². The molecule has 0 aliphatic heterocycles. The number of hydrogen-bond acceptors (Lipinski definition) is 2. The van der Waals surface area contributed by atoms with Crippen LogP contribution < -0.4 is 0 Å². The molecule has 0 saturated heterocycles.